The maximum absolute atomic E-state index is 11.9. The zero-order chi connectivity index (χ0) is 12.8. The van der Waals surface area contributed by atoms with Crippen molar-refractivity contribution in [3.8, 4) is 5.75 Å². The lowest BCUT2D eigenvalue weighted by molar-refractivity contribution is 0.0943. The Kier molecular flexibility index (Phi) is 5.35. The van der Waals surface area contributed by atoms with E-state index in [1.807, 2.05) is 6.92 Å². The summed E-state index contributed by atoms with van der Waals surface area (Å²) in [6.07, 6.45) is 0. The van der Waals surface area contributed by atoms with Gasteiger partial charge in [-0.3, -0.25) is 4.79 Å². The average Bonchev–Trinajstić information content (AvgIpc) is 2.30. The van der Waals surface area contributed by atoms with Gasteiger partial charge in [-0.05, 0) is 37.3 Å². The molecule has 1 rings (SSSR count). The number of hydrogen-bond acceptors (Lipinski definition) is 3. The second-order valence-electron chi connectivity index (χ2n) is 4.04. The zero-order valence-electron chi connectivity index (χ0n) is 10.5. The quantitative estimate of drug-likeness (QED) is 0.848. The van der Waals surface area contributed by atoms with E-state index in [1.54, 1.807) is 30.8 Å². The first-order valence-electron chi connectivity index (χ1n) is 5.72. The van der Waals surface area contributed by atoms with Crippen molar-refractivity contribution in [2.24, 2.45) is 0 Å². The van der Waals surface area contributed by atoms with Crippen LogP contribution in [0.5, 0.6) is 5.75 Å². The van der Waals surface area contributed by atoms with E-state index in [1.165, 1.54) is 6.07 Å². The number of benzene rings is 1. The number of thioether (sulfide) groups is 1. The Morgan fingerprint density at radius 2 is 2.24 bits per heavy atom. The number of phenols is 1. The van der Waals surface area contributed by atoms with Gasteiger partial charge in [-0.15, -0.1) is 0 Å². The minimum absolute atomic E-state index is 0.135. The molecule has 1 unspecified atom stereocenters. The molecular weight excluding hydrogens is 234 g/mol. The molecule has 1 amide bonds. The van der Waals surface area contributed by atoms with E-state index in [-0.39, 0.29) is 17.7 Å². The van der Waals surface area contributed by atoms with E-state index >= 15 is 0 Å². The van der Waals surface area contributed by atoms with Crippen LogP contribution < -0.4 is 5.32 Å². The fourth-order valence-corrected chi connectivity index (χ4v) is 2.07. The second-order valence-corrected chi connectivity index (χ2v) is 5.35. The van der Waals surface area contributed by atoms with E-state index in [0.29, 0.717) is 5.56 Å². The molecule has 1 atom stereocenters. The van der Waals surface area contributed by atoms with Crippen molar-refractivity contribution in [2.75, 3.05) is 11.5 Å². The first kappa shape index (κ1) is 13.9. The standard InChI is InChI=1S/C13H19NO2S/c1-4-17-8-10(3)14-13(16)11-6-5-9(2)12(15)7-11/h5-7,10,15H,4,8H2,1-3H3,(H,14,16). The second kappa shape index (κ2) is 6.55. The summed E-state index contributed by atoms with van der Waals surface area (Å²) in [5, 5.41) is 12.4. The van der Waals surface area contributed by atoms with E-state index in [0.717, 1.165) is 17.1 Å². The Morgan fingerprint density at radius 1 is 1.53 bits per heavy atom. The normalized spacial score (nSPS) is 12.2. The van der Waals surface area contributed by atoms with E-state index in [4.69, 9.17) is 0 Å². The maximum Gasteiger partial charge on any atom is 0.251 e. The highest BCUT2D eigenvalue weighted by molar-refractivity contribution is 7.99. The Balaban J connectivity index is 2.60. The third kappa shape index (κ3) is 4.30. The highest BCUT2D eigenvalue weighted by Crippen LogP contribution is 2.17. The van der Waals surface area contributed by atoms with Gasteiger partial charge >= 0.3 is 0 Å². The summed E-state index contributed by atoms with van der Waals surface area (Å²) < 4.78 is 0. The number of aromatic hydroxyl groups is 1. The van der Waals surface area contributed by atoms with Crippen molar-refractivity contribution in [1.82, 2.24) is 5.32 Å². The van der Waals surface area contributed by atoms with Gasteiger partial charge in [0.1, 0.15) is 5.75 Å². The van der Waals surface area contributed by atoms with Crippen molar-refractivity contribution in [1.29, 1.82) is 0 Å². The SMILES string of the molecule is CCSCC(C)NC(=O)c1ccc(C)c(O)c1. The van der Waals surface area contributed by atoms with Crippen molar-refractivity contribution in [3.05, 3.63) is 29.3 Å². The number of aryl methyl sites for hydroxylation is 1. The Bertz CT molecular complexity index is 393. The van der Waals surface area contributed by atoms with Gasteiger partial charge in [-0.1, -0.05) is 13.0 Å². The van der Waals surface area contributed by atoms with Crippen LogP contribution in [0.1, 0.15) is 29.8 Å². The molecule has 94 valence electrons. The van der Waals surface area contributed by atoms with E-state index < -0.39 is 0 Å². The van der Waals surface area contributed by atoms with Crippen LogP contribution in [-0.2, 0) is 0 Å². The molecule has 0 fully saturated rings. The summed E-state index contributed by atoms with van der Waals surface area (Å²) in [5.41, 5.74) is 1.28. The number of carbonyl (C=O) groups is 1. The molecule has 1 aromatic carbocycles. The molecule has 0 saturated carbocycles. The summed E-state index contributed by atoms with van der Waals surface area (Å²) in [6.45, 7) is 5.88. The lowest BCUT2D eigenvalue weighted by atomic mass is 10.1. The number of phenolic OH excluding ortho intramolecular Hbond substituents is 1. The van der Waals surface area contributed by atoms with Gasteiger partial charge < -0.3 is 10.4 Å². The van der Waals surface area contributed by atoms with Crippen LogP contribution in [0.3, 0.4) is 0 Å². The van der Waals surface area contributed by atoms with E-state index in [9.17, 15) is 9.90 Å². The van der Waals surface area contributed by atoms with Crippen LogP contribution in [0.15, 0.2) is 18.2 Å². The van der Waals surface area contributed by atoms with Crippen LogP contribution in [0, 0.1) is 6.92 Å². The largest absolute Gasteiger partial charge is 0.508 e. The lowest BCUT2D eigenvalue weighted by Gasteiger charge is -2.13. The molecule has 4 heteroatoms. The van der Waals surface area contributed by atoms with Crippen LogP contribution in [0.4, 0.5) is 0 Å². The van der Waals surface area contributed by atoms with Gasteiger partial charge in [0.2, 0.25) is 0 Å². The van der Waals surface area contributed by atoms with E-state index in [2.05, 4.69) is 12.2 Å². The van der Waals surface area contributed by atoms with Crippen LogP contribution in [-0.4, -0.2) is 28.6 Å². The molecule has 17 heavy (non-hydrogen) atoms. The zero-order valence-corrected chi connectivity index (χ0v) is 11.3. The summed E-state index contributed by atoms with van der Waals surface area (Å²) >= 11 is 1.79. The van der Waals surface area contributed by atoms with Gasteiger partial charge in [-0.2, -0.15) is 11.8 Å². The molecule has 2 N–H and O–H groups in total. The Hall–Kier alpha value is -1.16. The molecule has 0 aliphatic rings. The minimum Gasteiger partial charge on any atom is -0.508 e. The summed E-state index contributed by atoms with van der Waals surface area (Å²) in [7, 11) is 0. The molecule has 1 aromatic rings. The van der Waals surface area contributed by atoms with Crippen molar-refractivity contribution < 1.29 is 9.90 Å². The summed E-state index contributed by atoms with van der Waals surface area (Å²) in [4.78, 5) is 11.9. The monoisotopic (exact) mass is 253 g/mol. The van der Waals surface area contributed by atoms with Crippen molar-refractivity contribution >= 4 is 17.7 Å². The predicted molar refractivity (Wildman–Crippen MR) is 72.8 cm³/mol. The smallest absolute Gasteiger partial charge is 0.251 e. The van der Waals surface area contributed by atoms with Crippen molar-refractivity contribution in [2.45, 2.75) is 26.8 Å². The maximum atomic E-state index is 11.9. The first-order valence-corrected chi connectivity index (χ1v) is 6.88. The number of carbonyl (C=O) groups excluding carboxylic acids is 1. The fourth-order valence-electron chi connectivity index (χ4n) is 1.39. The molecule has 0 heterocycles. The molecule has 0 radical (unpaired) electrons. The number of nitrogens with one attached hydrogen (secondary N) is 1. The van der Waals surface area contributed by atoms with Crippen molar-refractivity contribution in [3.63, 3.8) is 0 Å². The third-order valence-electron chi connectivity index (χ3n) is 2.42. The highest BCUT2D eigenvalue weighted by atomic mass is 32.2. The van der Waals surface area contributed by atoms with Gasteiger partial charge in [0.25, 0.3) is 5.91 Å². The van der Waals surface area contributed by atoms with Gasteiger partial charge in [0.05, 0.1) is 0 Å². The molecule has 0 aliphatic heterocycles. The highest BCUT2D eigenvalue weighted by Gasteiger charge is 2.10. The van der Waals surface area contributed by atoms with Crippen LogP contribution in [0.2, 0.25) is 0 Å². The third-order valence-corrected chi connectivity index (χ3v) is 3.56. The molecule has 0 saturated heterocycles. The lowest BCUT2D eigenvalue weighted by Crippen LogP contribution is -2.34. The van der Waals surface area contributed by atoms with Crippen LogP contribution >= 0.6 is 11.8 Å². The molecular formula is C13H19NO2S. The Labute approximate surface area is 107 Å². The molecule has 3 nitrogen and oxygen atoms in total. The van der Waals surface area contributed by atoms with Gasteiger partial charge in [-0.25, -0.2) is 0 Å². The average molecular weight is 253 g/mol. The molecule has 0 aromatic heterocycles. The van der Waals surface area contributed by atoms with Gasteiger partial charge in [0, 0.05) is 17.4 Å². The number of hydrogen-bond donors (Lipinski definition) is 2. The Morgan fingerprint density at radius 3 is 2.82 bits per heavy atom. The fraction of sp³-hybridized carbons (Fsp3) is 0.462. The predicted octanol–water partition coefficient (Wildman–Crippen LogP) is 2.57. The minimum atomic E-state index is -0.135. The summed E-state index contributed by atoms with van der Waals surface area (Å²) in [5.74, 6) is 1.98. The number of amides is 1. The summed E-state index contributed by atoms with van der Waals surface area (Å²) in [6, 6.07) is 5.11. The van der Waals surface area contributed by atoms with Gasteiger partial charge in [0.15, 0.2) is 0 Å². The molecule has 0 aliphatic carbocycles. The molecule has 0 bridgehead atoms. The number of rotatable bonds is 5. The molecule has 0 spiro atoms. The first-order chi connectivity index (χ1) is 8.04. The van der Waals surface area contributed by atoms with Crippen LogP contribution in [0.25, 0.3) is 0 Å². The topological polar surface area (TPSA) is 49.3 Å².